The number of rotatable bonds is 17. The zero-order valence-corrected chi connectivity index (χ0v) is 28.2. The number of amides is 3. The van der Waals surface area contributed by atoms with Gasteiger partial charge in [-0.1, -0.05) is 87.6 Å². The Bertz CT molecular complexity index is 1110. The molecule has 1 heterocycles. The molecule has 11 nitrogen and oxygen atoms in total. The first-order valence-electron chi connectivity index (χ1n) is 15.6. The minimum Gasteiger partial charge on any atom is -0.425 e. The summed E-state index contributed by atoms with van der Waals surface area (Å²) in [5, 5.41) is 13.6. The quantitative estimate of drug-likeness (QED) is 0.0373. The Morgan fingerprint density at radius 1 is 1.02 bits per heavy atom. The highest BCUT2D eigenvalue weighted by Gasteiger charge is 2.27. The second-order valence-corrected chi connectivity index (χ2v) is 11.6. The monoisotopic (exact) mass is 669 g/mol. The lowest BCUT2D eigenvalue weighted by Gasteiger charge is -2.32. The summed E-state index contributed by atoms with van der Waals surface area (Å²) in [5.41, 5.74) is 6.27. The van der Waals surface area contributed by atoms with Crippen LogP contribution in [-0.2, 0) is 23.9 Å². The van der Waals surface area contributed by atoms with E-state index in [1.54, 1.807) is 0 Å². The number of nitrogens with zero attached hydrogens (tertiary/aromatic N) is 1. The molecule has 1 aromatic rings. The van der Waals surface area contributed by atoms with Crippen LogP contribution in [0.5, 0.6) is 0 Å². The van der Waals surface area contributed by atoms with Crippen LogP contribution in [0.1, 0.15) is 96.5 Å². The first kappa shape index (κ1) is 39.7. The van der Waals surface area contributed by atoms with Crippen molar-refractivity contribution in [3.05, 3.63) is 45.2 Å². The molecule has 0 saturated carbocycles. The van der Waals surface area contributed by atoms with Gasteiger partial charge in [-0.2, -0.15) is 0 Å². The molecule has 1 aliphatic heterocycles. The van der Waals surface area contributed by atoms with Gasteiger partial charge in [0.05, 0.1) is 5.70 Å². The summed E-state index contributed by atoms with van der Waals surface area (Å²) in [4.78, 5) is 48.6. The average molecular weight is 671 g/mol. The molecule has 252 valence electrons. The second-order valence-electron chi connectivity index (χ2n) is 10.8. The van der Waals surface area contributed by atoms with E-state index < -0.39 is 18.3 Å². The number of hydrogen-bond donors (Lipinski definition) is 4. The van der Waals surface area contributed by atoms with E-state index in [-0.39, 0.29) is 23.4 Å². The number of hydrogen-bond acceptors (Lipinski definition) is 8. The van der Waals surface area contributed by atoms with Gasteiger partial charge in [-0.3, -0.25) is 14.4 Å². The van der Waals surface area contributed by atoms with Crippen molar-refractivity contribution in [3.63, 3.8) is 0 Å². The van der Waals surface area contributed by atoms with Gasteiger partial charge in [-0.25, -0.2) is 4.79 Å². The van der Waals surface area contributed by atoms with Gasteiger partial charge in [0.15, 0.2) is 0 Å². The van der Waals surface area contributed by atoms with Crippen LogP contribution in [0.15, 0.2) is 29.6 Å². The highest BCUT2D eigenvalue weighted by Crippen LogP contribution is 2.22. The molecule has 45 heavy (non-hydrogen) atoms. The number of allylic oxidation sites excluding steroid dienone is 1. The van der Waals surface area contributed by atoms with E-state index in [0.29, 0.717) is 38.8 Å². The molecule has 0 spiro atoms. The van der Waals surface area contributed by atoms with E-state index in [9.17, 15) is 19.2 Å². The van der Waals surface area contributed by atoms with Crippen LogP contribution in [0.25, 0.3) is 0 Å². The number of nitrogens with two attached hydrogens (primary N) is 1. The smallest absolute Gasteiger partial charge is 0.412 e. The maximum atomic E-state index is 12.4. The molecule has 0 aromatic heterocycles. The molecule has 1 aromatic carbocycles. The van der Waals surface area contributed by atoms with Crippen molar-refractivity contribution >= 4 is 53.8 Å². The Labute approximate surface area is 277 Å². The molecule has 1 saturated heterocycles. The summed E-state index contributed by atoms with van der Waals surface area (Å²) in [7, 11) is 0. The van der Waals surface area contributed by atoms with Crippen LogP contribution in [0.2, 0.25) is 10.0 Å². The van der Waals surface area contributed by atoms with Gasteiger partial charge in [-0.15, -0.1) is 0 Å². The zero-order chi connectivity index (χ0) is 33.6. The topological polar surface area (TPSA) is 164 Å². The number of piperidine rings is 1. The third-order valence-electron chi connectivity index (χ3n) is 7.23. The van der Waals surface area contributed by atoms with Crippen LogP contribution in [-0.4, -0.2) is 60.9 Å². The molecule has 3 amide bonds. The van der Waals surface area contributed by atoms with Crippen molar-refractivity contribution in [3.8, 4) is 0 Å². The van der Waals surface area contributed by atoms with Crippen LogP contribution in [0.3, 0.4) is 0 Å². The number of halogens is 2. The molecule has 1 fully saturated rings. The number of carbonyl (C=O) groups excluding carboxylic acids is 4. The SMILES string of the molecule is CCCCCCCCCCCC(=O)OC(C)OC(=O)N1CCC(NC(=O)/C(N)=C(/C=N)NC=O)CC1.Cc1c(Cl)cccc1Cl. The van der Waals surface area contributed by atoms with E-state index >= 15 is 0 Å². The Morgan fingerprint density at radius 3 is 2.09 bits per heavy atom. The molecule has 0 radical (unpaired) electrons. The Morgan fingerprint density at radius 2 is 1.58 bits per heavy atom. The molecular formula is C32H49Cl2N5O6. The summed E-state index contributed by atoms with van der Waals surface area (Å²) in [6.45, 7) is 6.30. The first-order valence-corrected chi connectivity index (χ1v) is 16.4. The molecule has 0 aliphatic carbocycles. The molecule has 2 rings (SSSR count). The number of likely N-dealkylation sites (tertiary alicyclic amines) is 1. The van der Waals surface area contributed by atoms with Gasteiger partial charge in [0, 0.05) is 48.7 Å². The maximum Gasteiger partial charge on any atom is 0.412 e. The minimum absolute atomic E-state index is 0.0927. The van der Waals surface area contributed by atoms with Crippen molar-refractivity contribution in [1.29, 1.82) is 5.41 Å². The molecule has 1 unspecified atom stereocenters. The van der Waals surface area contributed by atoms with E-state index in [2.05, 4.69) is 17.6 Å². The van der Waals surface area contributed by atoms with Gasteiger partial charge in [0.25, 0.3) is 5.91 Å². The van der Waals surface area contributed by atoms with E-state index in [4.69, 9.17) is 43.8 Å². The average Bonchev–Trinajstić information content (AvgIpc) is 3.01. The van der Waals surface area contributed by atoms with Crippen molar-refractivity contribution in [2.24, 2.45) is 5.73 Å². The predicted octanol–water partition coefficient (Wildman–Crippen LogP) is 6.38. The summed E-state index contributed by atoms with van der Waals surface area (Å²) < 4.78 is 10.4. The first-order chi connectivity index (χ1) is 21.5. The van der Waals surface area contributed by atoms with Crippen LogP contribution < -0.4 is 16.4 Å². The molecular weight excluding hydrogens is 621 g/mol. The van der Waals surface area contributed by atoms with Gasteiger partial charge in [0.2, 0.25) is 12.7 Å². The third kappa shape index (κ3) is 16.5. The largest absolute Gasteiger partial charge is 0.425 e. The van der Waals surface area contributed by atoms with Crippen molar-refractivity contribution < 1.29 is 28.7 Å². The normalized spacial score (nSPS) is 14.2. The summed E-state index contributed by atoms with van der Waals surface area (Å²) >= 11 is 11.5. The van der Waals surface area contributed by atoms with Gasteiger partial charge in [0.1, 0.15) is 5.70 Å². The summed E-state index contributed by atoms with van der Waals surface area (Å²) in [5.74, 6) is -0.977. The lowest BCUT2D eigenvalue weighted by molar-refractivity contribution is -0.166. The number of esters is 1. The lowest BCUT2D eigenvalue weighted by atomic mass is 10.1. The predicted molar refractivity (Wildman–Crippen MR) is 177 cm³/mol. The third-order valence-corrected chi connectivity index (χ3v) is 8.05. The minimum atomic E-state index is -0.976. The Kier molecular flexibility index (Phi) is 20.4. The summed E-state index contributed by atoms with van der Waals surface area (Å²) in [6.07, 6.45) is 11.3. The zero-order valence-electron chi connectivity index (χ0n) is 26.7. The Hall–Kier alpha value is -3.31. The fraction of sp³-hybridized carbons (Fsp3) is 0.594. The lowest BCUT2D eigenvalue weighted by Crippen LogP contribution is -2.48. The Balaban J connectivity index is 0.000000956. The van der Waals surface area contributed by atoms with Gasteiger partial charge >= 0.3 is 12.1 Å². The van der Waals surface area contributed by atoms with Gasteiger partial charge < -0.3 is 36.2 Å². The van der Waals surface area contributed by atoms with Crippen molar-refractivity contribution in [1.82, 2.24) is 15.5 Å². The number of unbranched alkanes of at least 4 members (excludes halogenated alkanes) is 8. The van der Waals surface area contributed by atoms with Crippen molar-refractivity contribution in [2.45, 2.75) is 110 Å². The fourth-order valence-corrected chi connectivity index (χ4v) is 4.90. The molecule has 1 aliphatic rings. The molecule has 0 bridgehead atoms. The van der Waals surface area contributed by atoms with Crippen LogP contribution >= 0.6 is 23.2 Å². The fourth-order valence-electron chi connectivity index (χ4n) is 4.50. The number of carbonyl (C=O) groups is 4. The van der Waals surface area contributed by atoms with E-state index in [0.717, 1.165) is 41.1 Å². The number of ether oxygens (including phenoxy) is 2. The highest BCUT2D eigenvalue weighted by molar-refractivity contribution is 6.35. The molecule has 13 heteroatoms. The van der Waals surface area contributed by atoms with Crippen LogP contribution in [0.4, 0.5) is 4.79 Å². The maximum absolute atomic E-state index is 12.4. The molecule has 5 N–H and O–H groups in total. The second kappa shape index (κ2) is 23.1. The highest BCUT2D eigenvalue weighted by atomic mass is 35.5. The van der Waals surface area contributed by atoms with Crippen molar-refractivity contribution in [2.75, 3.05) is 13.1 Å². The van der Waals surface area contributed by atoms with E-state index in [1.807, 2.05) is 25.1 Å². The summed E-state index contributed by atoms with van der Waals surface area (Å²) in [6, 6.07) is 5.25. The van der Waals surface area contributed by atoms with Gasteiger partial charge in [-0.05, 0) is 43.9 Å². The molecule has 1 atom stereocenters. The number of nitrogens with one attached hydrogen (secondary N) is 3. The number of benzene rings is 1. The van der Waals surface area contributed by atoms with Crippen LogP contribution in [0, 0.1) is 12.3 Å². The van der Waals surface area contributed by atoms with E-state index in [1.165, 1.54) is 50.3 Å². The standard InChI is InChI=1S/C25H43N5O6.C7H6Cl2/c1-3-4-5-6-7-8-9-10-11-12-22(32)35-19(2)36-25(34)30-15-13-20(14-16-30)29-24(33)23(27)21(17-26)28-18-31;1-5-6(8)3-2-4-7(5)9/h17-20,26H,3-16,27H2,1-2H3,(H,28,31)(H,29,33);2-4H,1H3/b23-21+,26-17?;.